The van der Waals surface area contributed by atoms with E-state index in [2.05, 4.69) is 30.8 Å². The molecular formula is C32H42N8O5. The number of aromatic nitrogens is 2. The molecule has 0 aliphatic carbocycles. The lowest BCUT2D eigenvalue weighted by Crippen LogP contribution is -2.40. The zero-order valence-corrected chi connectivity index (χ0v) is 25.9. The summed E-state index contributed by atoms with van der Waals surface area (Å²) in [5.74, 6) is 0.0592. The van der Waals surface area contributed by atoms with Gasteiger partial charge in [-0.05, 0) is 49.2 Å². The van der Waals surface area contributed by atoms with E-state index in [4.69, 9.17) is 4.74 Å². The number of pyridine rings is 2. The van der Waals surface area contributed by atoms with E-state index < -0.39 is 5.91 Å². The molecule has 240 valence electrons. The van der Waals surface area contributed by atoms with Crippen molar-refractivity contribution in [3.8, 4) is 0 Å². The number of rotatable bonds is 14. The molecule has 2 aromatic heterocycles. The molecule has 45 heavy (non-hydrogen) atoms. The molecule has 4 amide bonds. The van der Waals surface area contributed by atoms with Crippen LogP contribution in [0.5, 0.6) is 0 Å². The fraction of sp³-hybridized carbons (Fsp3) is 0.406. The highest BCUT2D eigenvalue weighted by atomic mass is 16.5. The normalized spacial score (nSPS) is 13.1. The third-order valence-corrected chi connectivity index (χ3v) is 7.28. The average molecular weight is 619 g/mol. The second kappa shape index (κ2) is 17.0. The fourth-order valence-corrected chi connectivity index (χ4v) is 4.92. The SMILES string of the molecule is CCN(CCO)c1ccc(NC(=O)N(CCCN2CCOCC2)Cc2ccc(C(=O)Nc3ccccc3NC(C)=O)nc2)cn1. The van der Waals surface area contributed by atoms with Crippen molar-refractivity contribution in [1.82, 2.24) is 19.8 Å². The predicted octanol–water partition coefficient (Wildman–Crippen LogP) is 3.26. The second-order valence-corrected chi connectivity index (χ2v) is 10.6. The monoisotopic (exact) mass is 618 g/mol. The van der Waals surface area contributed by atoms with Crippen LogP contribution in [0.4, 0.5) is 27.7 Å². The molecule has 1 fully saturated rings. The van der Waals surface area contributed by atoms with Crippen LogP contribution in [-0.2, 0) is 16.1 Å². The van der Waals surface area contributed by atoms with Gasteiger partial charge in [-0.15, -0.1) is 0 Å². The van der Waals surface area contributed by atoms with E-state index in [1.807, 2.05) is 17.9 Å². The number of hydrogen-bond acceptors (Lipinski definition) is 9. The summed E-state index contributed by atoms with van der Waals surface area (Å²) >= 11 is 0. The number of aliphatic hydroxyl groups is 1. The molecule has 0 unspecified atom stereocenters. The second-order valence-electron chi connectivity index (χ2n) is 10.6. The molecule has 3 aromatic rings. The summed E-state index contributed by atoms with van der Waals surface area (Å²) in [6.45, 7) is 9.42. The van der Waals surface area contributed by atoms with Gasteiger partial charge in [0.05, 0.1) is 43.1 Å². The molecule has 1 aliphatic heterocycles. The molecule has 4 rings (SSSR count). The first-order valence-corrected chi connectivity index (χ1v) is 15.2. The fourth-order valence-electron chi connectivity index (χ4n) is 4.92. The van der Waals surface area contributed by atoms with Crippen molar-refractivity contribution in [3.63, 3.8) is 0 Å². The molecule has 1 aromatic carbocycles. The lowest BCUT2D eigenvalue weighted by atomic mass is 10.2. The van der Waals surface area contributed by atoms with Crippen molar-refractivity contribution in [1.29, 1.82) is 0 Å². The topological polar surface area (TPSA) is 152 Å². The number of morpholine rings is 1. The first-order valence-electron chi connectivity index (χ1n) is 15.2. The van der Waals surface area contributed by atoms with E-state index in [9.17, 15) is 19.5 Å². The number of ether oxygens (including phenoxy) is 1. The first kappa shape index (κ1) is 33.3. The van der Waals surface area contributed by atoms with E-state index in [1.54, 1.807) is 59.8 Å². The Morgan fingerprint density at radius 2 is 1.69 bits per heavy atom. The van der Waals surface area contributed by atoms with E-state index in [0.717, 1.165) is 37.4 Å². The minimum Gasteiger partial charge on any atom is -0.395 e. The van der Waals surface area contributed by atoms with Gasteiger partial charge in [0.15, 0.2) is 0 Å². The molecule has 0 spiro atoms. The Kier molecular flexibility index (Phi) is 12.6. The highest BCUT2D eigenvalue weighted by Crippen LogP contribution is 2.22. The number of carbonyl (C=O) groups excluding carboxylic acids is 3. The van der Waals surface area contributed by atoms with Crippen molar-refractivity contribution in [3.05, 3.63) is 72.2 Å². The number of urea groups is 1. The Morgan fingerprint density at radius 1 is 0.933 bits per heavy atom. The predicted molar refractivity (Wildman–Crippen MR) is 173 cm³/mol. The van der Waals surface area contributed by atoms with Crippen LogP contribution < -0.4 is 20.9 Å². The van der Waals surface area contributed by atoms with Gasteiger partial charge in [0, 0.05) is 58.9 Å². The van der Waals surface area contributed by atoms with Crippen LogP contribution in [0.1, 0.15) is 36.3 Å². The number of para-hydroxylation sites is 2. The van der Waals surface area contributed by atoms with Crippen LogP contribution in [0.2, 0.25) is 0 Å². The average Bonchev–Trinajstić information content (AvgIpc) is 3.05. The molecular weight excluding hydrogens is 576 g/mol. The number of nitrogens with one attached hydrogen (secondary N) is 3. The third-order valence-electron chi connectivity index (χ3n) is 7.28. The van der Waals surface area contributed by atoms with Gasteiger partial charge in [0.1, 0.15) is 11.5 Å². The van der Waals surface area contributed by atoms with E-state index in [0.29, 0.717) is 56.5 Å². The zero-order chi connectivity index (χ0) is 32.0. The van der Waals surface area contributed by atoms with Crippen molar-refractivity contribution in [2.45, 2.75) is 26.8 Å². The van der Waals surface area contributed by atoms with Crippen molar-refractivity contribution < 1.29 is 24.2 Å². The number of benzene rings is 1. The Hall–Kier alpha value is -4.59. The smallest absolute Gasteiger partial charge is 0.322 e. The number of aliphatic hydroxyl groups excluding tert-OH is 1. The van der Waals surface area contributed by atoms with Gasteiger partial charge in [-0.1, -0.05) is 18.2 Å². The Labute approximate surface area is 263 Å². The molecule has 0 bridgehead atoms. The highest BCUT2D eigenvalue weighted by molar-refractivity contribution is 6.06. The maximum absolute atomic E-state index is 13.5. The summed E-state index contributed by atoms with van der Waals surface area (Å²) in [6.07, 6.45) is 3.98. The van der Waals surface area contributed by atoms with Crippen LogP contribution in [0.25, 0.3) is 0 Å². The number of anilines is 4. The van der Waals surface area contributed by atoms with Gasteiger partial charge in [-0.3, -0.25) is 19.5 Å². The molecule has 0 atom stereocenters. The molecule has 1 saturated heterocycles. The van der Waals surface area contributed by atoms with Gasteiger partial charge < -0.3 is 35.6 Å². The van der Waals surface area contributed by atoms with Gasteiger partial charge >= 0.3 is 6.03 Å². The zero-order valence-electron chi connectivity index (χ0n) is 25.9. The van der Waals surface area contributed by atoms with Gasteiger partial charge in [-0.25, -0.2) is 9.78 Å². The maximum Gasteiger partial charge on any atom is 0.322 e. The van der Waals surface area contributed by atoms with Crippen LogP contribution in [0, 0.1) is 0 Å². The molecule has 1 aliphatic rings. The van der Waals surface area contributed by atoms with Crippen LogP contribution in [0.3, 0.4) is 0 Å². The van der Waals surface area contributed by atoms with Gasteiger partial charge in [-0.2, -0.15) is 0 Å². The van der Waals surface area contributed by atoms with Crippen LogP contribution in [0.15, 0.2) is 60.9 Å². The quantitative estimate of drug-likeness (QED) is 0.213. The molecule has 13 heteroatoms. The summed E-state index contributed by atoms with van der Waals surface area (Å²) in [7, 11) is 0. The molecule has 0 radical (unpaired) electrons. The molecule has 13 nitrogen and oxygen atoms in total. The number of nitrogens with zero attached hydrogens (tertiary/aromatic N) is 5. The van der Waals surface area contributed by atoms with E-state index in [-0.39, 0.29) is 24.2 Å². The maximum atomic E-state index is 13.5. The molecule has 3 heterocycles. The molecule has 4 N–H and O–H groups in total. The van der Waals surface area contributed by atoms with Crippen LogP contribution in [-0.4, -0.2) is 102 Å². The number of amides is 4. The van der Waals surface area contributed by atoms with Crippen molar-refractivity contribution in [2.75, 3.05) is 79.9 Å². The van der Waals surface area contributed by atoms with Crippen molar-refractivity contribution in [2.24, 2.45) is 0 Å². The first-order chi connectivity index (χ1) is 21.9. The highest BCUT2D eigenvalue weighted by Gasteiger charge is 2.18. The standard InChI is InChI=1S/C32H42N8O5/c1-3-39(15-18-41)30-12-10-26(22-34-30)36-32(44)40(14-6-13-38-16-19-45-20-17-38)23-25-9-11-29(33-21-25)31(43)37-28-8-5-4-7-27(28)35-24(2)42/h4-5,7-12,21-22,41H,3,6,13-20,23H2,1-2H3,(H,35,42)(H,36,44)(H,37,43). The lowest BCUT2D eigenvalue weighted by Gasteiger charge is -2.28. The van der Waals surface area contributed by atoms with Gasteiger partial charge in [0.25, 0.3) is 5.91 Å². The van der Waals surface area contributed by atoms with E-state index in [1.165, 1.54) is 6.92 Å². The Balaban J connectivity index is 1.41. The van der Waals surface area contributed by atoms with Gasteiger partial charge in [0.2, 0.25) is 5.91 Å². The minimum atomic E-state index is -0.420. The summed E-state index contributed by atoms with van der Waals surface area (Å²) in [6, 6.07) is 13.7. The summed E-state index contributed by atoms with van der Waals surface area (Å²) < 4.78 is 5.45. The summed E-state index contributed by atoms with van der Waals surface area (Å²) in [4.78, 5) is 52.7. The van der Waals surface area contributed by atoms with E-state index >= 15 is 0 Å². The number of carbonyl (C=O) groups is 3. The Bertz CT molecular complexity index is 1400. The third kappa shape index (κ3) is 10.2. The van der Waals surface area contributed by atoms with Crippen molar-refractivity contribution >= 4 is 40.7 Å². The summed E-state index contributed by atoms with van der Waals surface area (Å²) in [5.41, 5.74) is 2.49. The Morgan fingerprint density at radius 3 is 2.31 bits per heavy atom. The summed E-state index contributed by atoms with van der Waals surface area (Å²) in [5, 5.41) is 17.7. The molecule has 0 saturated carbocycles. The number of hydrogen-bond donors (Lipinski definition) is 4. The van der Waals surface area contributed by atoms with Crippen LogP contribution >= 0.6 is 0 Å². The lowest BCUT2D eigenvalue weighted by molar-refractivity contribution is -0.114. The number of likely N-dealkylation sites (N-methyl/N-ethyl adjacent to an activating group) is 1. The minimum absolute atomic E-state index is 0.0283. The largest absolute Gasteiger partial charge is 0.395 e.